The van der Waals surface area contributed by atoms with E-state index in [-0.39, 0.29) is 0 Å². The molecule has 0 spiro atoms. The van der Waals surface area contributed by atoms with Crippen LogP contribution in [0.15, 0.2) is 12.2 Å². The first kappa shape index (κ1) is 12.4. The van der Waals surface area contributed by atoms with Crippen molar-refractivity contribution in [2.75, 3.05) is 0 Å². The molecule has 0 nitrogen and oxygen atoms in total. The van der Waals surface area contributed by atoms with Gasteiger partial charge in [0.15, 0.2) is 0 Å². The van der Waals surface area contributed by atoms with Gasteiger partial charge >= 0.3 is 0 Å². The molecule has 0 heteroatoms. The lowest BCUT2D eigenvalue weighted by atomic mass is 10.2. The van der Waals surface area contributed by atoms with Crippen LogP contribution in [0.25, 0.3) is 0 Å². The van der Waals surface area contributed by atoms with Gasteiger partial charge < -0.3 is 0 Å². The van der Waals surface area contributed by atoms with E-state index in [1.54, 1.807) is 0 Å². The summed E-state index contributed by atoms with van der Waals surface area (Å²) in [5.41, 5.74) is 0. The molecule has 0 fully saturated rings. The Kier molecular flexibility index (Phi) is 10.9. The quantitative estimate of drug-likeness (QED) is 0.487. The molecule has 0 radical (unpaired) electrons. The average molecular weight is 142 g/mol. The molecule has 0 rings (SSSR count). The minimum atomic E-state index is 0.718. The lowest BCUT2D eigenvalue weighted by Crippen LogP contribution is -1.73. The Labute approximate surface area is 66.3 Å². The van der Waals surface area contributed by atoms with E-state index >= 15 is 0 Å². The molecule has 0 N–H and O–H groups in total. The Balaban J connectivity index is 0. The van der Waals surface area contributed by atoms with E-state index in [0.717, 1.165) is 11.8 Å². The topological polar surface area (TPSA) is 0 Å². The van der Waals surface area contributed by atoms with Gasteiger partial charge in [-0.2, -0.15) is 0 Å². The fraction of sp³-hybridized carbons (Fsp3) is 0.800. The largest absolute Gasteiger partial charge is 0.0914 e. The molecule has 0 saturated heterocycles. The number of rotatable bonds is 1. The summed E-state index contributed by atoms with van der Waals surface area (Å²) in [5.74, 6) is 1.55. The number of hydrogen-bond donors (Lipinski definition) is 0. The van der Waals surface area contributed by atoms with Crippen LogP contribution in [0.2, 0.25) is 0 Å². The molecule has 0 aliphatic carbocycles. The van der Waals surface area contributed by atoms with Gasteiger partial charge in [-0.25, -0.2) is 0 Å². The van der Waals surface area contributed by atoms with Crippen LogP contribution < -0.4 is 0 Å². The van der Waals surface area contributed by atoms with Crippen LogP contribution in [0, 0.1) is 11.8 Å². The molecule has 0 aliphatic rings. The maximum atomic E-state index is 2.17. The van der Waals surface area contributed by atoms with Crippen molar-refractivity contribution in [3.63, 3.8) is 0 Å². The van der Waals surface area contributed by atoms with Crippen LogP contribution in [-0.4, -0.2) is 0 Å². The third-order valence-electron chi connectivity index (χ3n) is 0.577. The van der Waals surface area contributed by atoms with Crippen molar-refractivity contribution < 1.29 is 0 Å². The van der Waals surface area contributed by atoms with Crippen molar-refractivity contribution in [3.05, 3.63) is 12.2 Å². The molecular weight excluding hydrogens is 120 g/mol. The fourth-order valence-electron chi connectivity index (χ4n) is 0.385. The second-order valence-electron chi connectivity index (χ2n) is 3.50. The zero-order valence-corrected chi connectivity index (χ0v) is 8.31. The van der Waals surface area contributed by atoms with E-state index in [1.165, 1.54) is 0 Å². The number of allylic oxidation sites excluding steroid dienone is 2. The van der Waals surface area contributed by atoms with E-state index in [4.69, 9.17) is 0 Å². The van der Waals surface area contributed by atoms with Crippen molar-refractivity contribution in [3.8, 4) is 0 Å². The molecule has 0 bridgehead atoms. The lowest BCUT2D eigenvalue weighted by Gasteiger charge is -1.86. The molecule has 0 amide bonds. The van der Waals surface area contributed by atoms with Crippen molar-refractivity contribution in [2.24, 2.45) is 11.8 Å². The van der Waals surface area contributed by atoms with E-state index in [1.807, 2.05) is 6.92 Å². The van der Waals surface area contributed by atoms with Crippen LogP contribution in [0.1, 0.15) is 41.5 Å². The van der Waals surface area contributed by atoms with Gasteiger partial charge in [0.1, 0.15) is 0 Å². The predicted octanol–water partition coefficient (Wildman–Crippen LogP) is 3.88. The second kappa shape index (κ2) is 8.74. The van der Waals surface area contributed by atoms with E-state index in [9.17, 15) is 0 Å². The van der Waals surface area contributed by atoms with Gasteiger partial charge in [-0.05, 0) is 18.8 Å². The molecule has 0 aromatic carbocycles. The number of hydrogen-bond acceptors (Lipinski definition) is 0. The van der Waals surface area contributed by atoms with Crippen molar-refractivity contribution in [1.29, 1.82) is 0 Å². The first-order valence-electron chi connectivity index (χ1n) is 4.13. The molecule has 62 valence electrons. The summed E-state index contributed by atoms with van der Waals surface area (Å²) >= 11 is 0. The third kappa shape index (κ3) is 46.8. The van der Waals surface area contributed by atoms with Crippen LogP contribution in [-0.2, 0) is 0 Å². The minimum absolute atomic E-state index is 0.718. The SMILES string of the molecule is C/C=C/C(C)C.CC(C)C. The smallest absolute Gasteiger partial charge is 0.0291 e. The van der Waals surface area contributed by atoms with Crippen molar-refractivity contribution in [2.45, 2.75) is 41.5 Å². The molecule has 0 aromatic heterocycles. The standard InChI is InChI=1S/C6H12.C4H10/c1-4-5-6(2)3;1-4(2)3/h4-6H,1-3H3;4H,1-3H3/b5-4+;. The van der Waals surface area contributed by atoms with Gasteiger partial charge in [-0.15, -0.1) is 0 Å². The summed E-state index contributed by atoms with van der Waals surface area (Å²) in [7, 11) is 0. The van der Waals surface area contributed by atoms with Gasteiger partial charge in [0, 0.05) is 0 Å². The Hall–Kier alpha value is -0.260. The predicted molar refractivity (Wildman–Crippen MR) is 50.2 cm³/mol. The zero-order valence-electron chi connectivity index (χ0n) is 8.31. The first-order chi connectivity index (χ1) is 4.50. The third-order valence-corrected chi connectivity index (χ3v) is 0.577. The van der Waals surface area contributed by atoms with Gasteiger partial charge in [0.2, 0.25) is 0 Å². The van der Waals surface area contributed by atoms with Crippen LogP contribution in [0.3, 0.4) is 0 Å². The zero-order chi connectivity index (χ0) is 8.57. The van der Waals surface area contributed by atoms with E-state index < -0.39 is 0 Å². The van der Waals surface area contributed by atoms with Crippen molar-refractivity contribution in [1.82, 2.24) is 0 Å². The molecular formula is C10H22. The van der Waals surface area contributed by atoms with Crippen molar-refractivity contribution >= 4 is 0 Å². The Morgan fingerprint density at radius 2 is 1.20 bits per heavy atom. The Morgan fingerprint density at radius 3 is 1.20 bits per heavy atom. The van der Waals surface area contributed by atoms with Gasteiger partial charge in [0.05, 0.1) is 0 Å². The second-order valence-corrected chi connectivity index (χ2v) is 3.50. The minimum Gasteiger partial charge on any atom is -0.0914 e. The highest BCUT2D eigenvalue weighted by Gasteiger charge is 1.76. The summed E-state index contributed by atoms with van der Waals surface area (Å²) in [6, 6.07) is 0. The van der Waals surface area contributed by atoms with Gasteiger partial charge in [-0.3, -0.25) is 0 Å². The highest BCUT2D eigenvalue weighted by atomic mass is 13.8. The van der Waals surface area contributed by atoms with Crippen LogP contribution in [0.5, 0.6) is 0 Å². The summed E-state index contributed by atoms with van der Waals surface area (Å²) in [4.78, 5) is 0. The van der Waals surface area contributed by atoms with Gasteiger partial charge in [0.25, 0.3) is 0 Å². The van der Waals surface area contributed by atoms with E-state index in [0.29, 0.717) is 0 Å². The molecule has 0 heterocycles. The summed E-state index contributed by atoms with van der Waals surface area (Å²) in [6.07, 6.45) is 4.24. The van der Waals surface area contributed by atoms with E-state index in [2.05, 4.69) is 46.8 Å². The van der Waals surface area contributed by atoms with Gasteiger partial charge in [-0.1, -0.05) is 46.8 Å². The van der Waals surface area contributed by atoms with Crippen LogP contribution >= 0.6 is 0 Å². The Bertz CT molecular complexity index is 65.4. The summed E-state index contributed by atoms with van der Waals surface area (Å²) in [6.45, 7) is 12.9. The van der Waals surface area contributed by atoms with Crippen LogP contribution in [0.4, 0.5) is 0 Å². The highest BCUT2D eigenvalue weighted by molar-refractivity contribution is 4.79. The molecule has 0 atom stereocenters. The molecule has 0 aromatic rings. The molecule has 10 heavy (non-hydrogen) atoms. The Morgan fingerprint density at radius 1 is 0.900 bits per heavy atom. The fourth-order valence-corrected chi connectivity index (χ4v) is 0.385. The average Bonchev–Trinajstić information content (AvgIpc) is 1.62. The molecule has 0 unspecified atom stereocenters. The normalized spacial score (nSPS) is 10.4. The molecule has 0 aliphatic heterocycles. The summed E-state index contributed by atoms with van der Waals surface area (Å²) < 4.78 is 0. The molecule has 0 saturated carbocycles. The monoisotopic (exact) mass is 142 g/mol. The lowest BCUT2D eigenvalue weighted by molar-refractivity contribution is 0.737. The maximum absolute atomic E-state index is 2.17. The highest BCUT2D eigenvalue weighted by Crippen LogP contribution is 1.90. The first-order valence-corrected chi connectivity index (χ1v) is 4.13. The maximum Gasteiger partial charge on any atom is -0.0291 e. The summed E-state index contributed by atoms with van der Waals surface area (Å²) in [5, 5.41) is 0.